The number of nitrogens with two attached hydrogens (primary N) is 1. The lowest BCUT2D eigenvalue weighted by molar-refractivity contribution is -0.127. The minimum absolute atomic E-state index is 0.00675. The van der Waals surface area contributed by atoms with E-state index in [0.29, 0.717) is 24.6 Å². The van der Waals surface area contributed by atoms with Gasteiger partial charge in [0.2, 0.25) is 5.91 Å². The van der Waals surface area contributed by atoms with E-state index in [-0.39, 0.29) is 11.9 Å². The summed E-state index contributed by atoms with van der Waals surface area (Å²) in [5, 5.41) is 7.76. The molecular weight excluding hydrogens is 448 g/mol. The number of anilines is 1. The van der Waals surface area contributed by atoms with E-state index < -0.39 is 0 Å². The maximum absolute atomic E-state index is 12.2. The predicted octanol–water partition coefficient (Wildman–Crippen LogP) is 4.37. The van der Waals surface area contributed by atoms with Crippen LogP contribution in [-0.2, 0) is 11.4 Å². The van der Waals surface area contributed by atoms with Gasteiger partial charge < -0.3 is 15.4 Å². The third kappa shape index (κ3) is 4.26. The molecule has 0 spiro atoms. The largest absolute Gasteiger partial charge is 0.489 e. The van der Waals surface area contributed by atoms with Crippen molar-refractivity contribution in [3.63, 3.8) is 0 Å². The number of carbonyl (C=O) groups excluding carboxylic acids is 1. The Kier molecular flexibility index (Phi) is 6.02. The molecule has 1 atom stereocenters. The van der Waals surface area contributed by atoms with Crippen LogP contribution in [0.25, 0.3) is 21.6 Å². The van der Waals surface area contributed by atoms with Gasteiger partial charge in [-0.25, -0.2) is 14.6 Å². The Hall–Kier alpha value is -3.72. The third-order valence-electron chi connectivity index (χ3n) is 6.03. The highest BCUT2D eigenvalue weighted by atomic mass is 32.1. The number of aromatic nitrogens is 4. The summed E-state index contributed by atoms with van der Waals surface area (Å²) in [5.74, 6) is 1.18. The number of benzene rings is 1. The number of rotatable bonds is 6. The van der Waals surface area contributed by atoms with Crippen molar-refractivity contribution < 1.29 is 9.53 Å². The van der Waals surface area contributed by atoms with Crippen LogP contribution in [0.1, 0.15) is 30.0 Å². The molecule has 1 unspecified atom stereocenters. The van der Waals surface area contributed by atoms with E-state index in [1.165, 1.54) is 12.4 Å². The molecule has 5 rings (SSSR count). The number of carbonyl (C=O) groups is 1. The van der Waals surface area contributed by atoms with E-state index in [4.69, 9.17) is 15.6 Å². The molecule has 0 aliphatic carbocycles. The molecule has 8 nitrogen and oxygen atoms in total. The summed E-state index contributed by atoms with van der Waals surface area (Å²) in [5.41, 5.74) is 9.95. The van der Waals surface area contributed by atoms with Crippen LogP contribution in [0.5, 0.6) is 5.75 Å². The minimum atomic E-state index is -0.0629. The van der Waals surface area contributed by atoms with E-state index in [1.807, 2.05) is 40.8 Å². The molecule has 2 N–H and O–H groups in total. The molecule has 1 aromatic carbocycles. The molecule has 4 aromatic rings. The summed E-state index contributed by atoms with van der Waals surface area (Å²) in [4.78, 5) is 23.7. The molecule has 1 fully saturated rings. The number of nitrogens with zero attached hydrogens (tertiary/aromatic N) is 5. The second kappa shape index (κ2) is 9.26. The van der Waals surface area contributed by atoms with Crippen molar-refractivity contribution in [3.05, 3.63) is 65.8 Å². The van der Waals surface area contributed by atoms with Gasteiger partial charge in [-0.05, 0) is 55.0 Å². The maximum atomic E-state index is 12.2. The number of piperidine rings is 1. The zero-order valence-electron chi connectivity index (χ0n) is 19.0. The van der Waals surface area contributed by atoms with Crippen molar-refractivity contribution in [2.24, 2.45) is 0 Å². The average molecular weight is 475 g/mol. The van der Waals surface area contributed by atoms with Gasteiger partial charge in [0.1, 0.15) is 30.2 Å². The Morgan fingerprint density at radius 1 is 1.35 bits per heavy atom. The van der Waals surface area contributed by atoms with Crippen molar-refractivity contribution in [1.29, 1.82) is 0 Å². The van der Waals surface area contributed by atoms with Gasteiger partial charge in [-0.3, -0.25) is 4.79 Å². The van der Waals surface area contributed by atoms with Crippen LogP contribution in [0, 0.1) is 6.92 Å². The molecular formula is C25H26N6O2S. The zero-order valence-corrected chi connectivity index (χ0v) is 19.8. The second-order valence-electron chi connectivity index (χ2n) is 8.46. The van der Waals surface area contributed by atoms with Crippen LogP contribution in [-0.4, -0.2) is 43.6 Å². The highest BCUT2D eigenvalue weighted by molar-refractivity contribution is 7.13. The molecule has 1 amide bonds. The highest BCUT2D eigenvalue weighted by Crippen LogP contribution is 2.36. The Balaban J connectivity index is 1.45. The van der Waals surface area contributed by atoms with Gasteiger partial charge in [0, 0.05) is 18.7 Å². The average Bonchev–Trinajstić information content (AvgIpc) is 3.48. The number of hydrogen-bond acceptors (Lipinski definition) is 7. The molecule has 1 saturated heterocycles. The fourth-order valence-corrected chi connectivity index (χ4v) is 5.24. The number of thiophene rings is 1. The van der Waals surface area contributed by atoms with Crippen LogP contribution in [0.3, 0.4) is 0 Å². The first-order valence-electron chi connectivity index (χ1n) is 11.2. The SMILES string of the molecule is C=CC(=O)N1CCCC(n2nc(-c3cc(COc4cccc(C)c4)cs3)c3c(N)ncnc32)C1. The summed E-state index contributed by atoms with van der Waals surface area (Å²) in [7, 11) is 0. The number of nitrogen functional groups attached to an aromatic ring is 1. The van der Waals surface area contributed by atoms with E-state index in [9.17, 15) is 4.79 Å². The van der Waals surface area contributed by atoms with E-state index >= 15 is 0 Å². The van der Waals surface area contributed by atoms with E-state index in [1.54, 1.807) is 11.3 Å². The highest BCUT2D eigenvalue weighted by Gasteiger charge is 2.28. The van der Waals surface area contributed by atoms with Gasteiger partial charge in [-0.15, -0.1) is 11.3 Å². The number of hydrogen-bond donors (Lipinski definition) is 1. The summed E-state index contributed by atoms with van der Waals surface area (Å²) in [6, 6.07) is 10.1. The summed E-state index contributed by atoms with van der Waals surface area (Å²) >= 11 is 1.59. The summed E-state index contributed by atoms with van der Waals surface area (Å²) in [6.45, 7) is 7.41. The summed E-state index contributed by atoms with van der Waals surface area (Å²) in [6.07, 6.45) is 4.62. The number of amides is 1. The van der Waals surface area contributed by atoms with Crippen molar-refractivity contribution in [1.82, 2.24) is 24.6 Å². The second-order valence-corrected chi connectivity index (χ2v) is 9.37. The van der Waals surface area contributed by atoms with Gasteiger partial charge in [0.05, 0.1) is 16.3 Å². The molecule has 174 valence electrons. The molecule has 0 saturated carbocycles. The summed E-state index contributed by atoms with van der Waals surface area (Å²) < 4.78 is 7.88. The van der Waals surface area contributed by atoms with Crippen LogP contribution >= 0.6 is 11.3 Å². The van der Waals surface area contributed by atoms with E-state index in [0.717, 1.165) is 52.2 Å². The molecule has 9 heteroatoms. The first kappa shape index (κ1) is 22.1. The lowest BCUT2D eigenvalue weighted by Crippen LogP contribution is -2.40. The smallest absolute Gasteiger partial charge is 0.246 e. The van der Waals surface area contributed by atoms with Crippen molar-refractivity contribution in [2.45, 2.75) is 32.4 Å². The Morgan fingerprint density at radius 3 is 3.06 bits per heavy atom. The van der Waals surface area contributed by atoms with Crippen molar-refractivity contribution in [3.8, 4) is 16.3 Å². The minimum Gasteiger partial charge on any atom is -0.489 e. The van der Waals surface area contributed by atoms with Crippen molar-refractivity contribution in [2.75, 3.05) is 18.8 Å². The lowest BCUT2D eigenvalue weighted by atomic mass is 10.1. The monoisotopic (exact) mass is 474 g/mol. The van der Waals surface area contributed by atoms with Gasteiger partial charge in [-0.1, -0.05) is 18.7 Å². The number of fused-ring (bicyclic) bond motifs is 1. The van der Waals surface area contributed by atoms with Crippen LogP contribution < -0.4 is 10.5 Å². The Bertz CT molecular complexity index is 1360. The molecule has 1 aliphatic rings. The molecule has 3 aromatic heterocycles. The number of likely N-dealkylation sites (tertiary alicyclic amines) is 1. The zero-order chi connectivity index (χ0) is 23.7. The molecule has 34 heavy (non-hydrogen) atoms. The first-order valence-corrected chi connectivity index (χ1v) is 12.1. The van der Waals surface area contributed by atoms with Crippen molar-refractivity contribution >= 4 is 34.1 Å². The first-order chi connectivity index (χ1) is 16.5. The third-order valence-corrected chi connectivity index (χ3v) is 7.01. The van der Waals surface area contributed by atoms with Crippen LogP contribution in [0.2, 0.25) is 0 Å². The van der Waals surface area contributed by atoms with Gasteiger partial charge in [0.25, 0.3) is 0 Å². The molecule has 1 aliphatic heterocycles. The van der Waals surface area contributed by atoms with Crippen LogP contribution in [0.15, 0.2) is 54.7 Å². The standard InChI is InChI=1S/C25H26N6O2S/c1-3-21(32)30-9-5-7-18(12-30)31-25-22(24(26)27-15-28-25)23(29-31)20-11-17(14-34-20)13-33-19-8-4-6-16(2)10-19/h3-4,6,8,10-11,14-15,18H,1,5,7,9,12-13H2,2H3,(H2,26,27,28). The topological polar surface area (TPSA) is 99.2 Å². The molecule has 0 radical (unpaired) electrons. The Morgan fingerprint density at radius 2 is 2.24 bits per heavy atom. The van der Waals surface area contributed by atoms with Gasteiger partial charge >= 0.3 is 0 Å². The Labute approximate surface area is 201 Å². The fourth-order valence-electron chi connectivity index (χ4n) is 4.35. The fraction of sp³-hybridized carbons (Fsp3) is 0.280. The lowest BCUT2D eigenvalue weighted by Gasteiger charge is -2.32. The molecule has 0 bridgehead atoms. The van der Waals surface area contributed by atoms with Crippen LogP contribution in [0.4, 0.5) is 5.82 Å². The van der Waals surface area contributed by atoms with Gasteiger partial charge in [0.15, 0.2) is 5.65 Å². The maximum Gasteiger partial charge on any atom is 0.246 e. The number of ether oxygens (including phenoxy) is 1. The molecule has 4 heterocycles. The predicted molar refractivity (Wildman–Crippen MR) is 134 cm³/mol. The van der Waals surface area contributed by atoms with E-state index in [2.05, 4.69) is 28.0 Å². The quantitative estimate of drug-likeness (QED) is 0.417. The number of aryl methyl sites for hydroxylation is 1. The normalized spacial score (nSPS) is 16.0. The van der Waals surface area contributed by atoms with Gasteiger partial charge in [-0.2, -0.15) is 5.10 Å².